The predicted molar refractivity (Wildman–Crippen MR) is 65.7 cm³/mol. The van der Waals surface area contributed by atoms with Crippen LogP contribution in [-0.4, -0.2) is 48.8 Å². The fourth-order valence-electron chi connectivity index (χ4n) is 1.96. The molecule has 0 aliphatic carbocycles. The van der Waals surface area contributed by atoms with E-state index in [2.05, 4.69) is 9.97 Å². The molecule has 0 bridgehead atoms. The SMILES string of the molecule is COC(=O)c1cnc(C)nc1N1CCOC(C)C1. The van der Waals surface area contributed by atoms with E-state index in [1.54, 1.807) is 6.92 Å². The van der Waals surface area contributed by atoms with Crippen LogP contribution in [0.5, 0.6) is 0 Å². The number of morpholine rings is 1. The summed E-state index contributed by atoms with van der Waals surface area (Å²) in [7, 11) is 1.36. The van der Waals surface area contributed by atoms with E-state index >= 15 is 0 Å². The Morgan fingerprint density at radius 1 is 1.61 bits per heavy atom. The van der Waals surface area contributed by atoms with Gasteiger partial charge in [0.25, 0.3) is 0 Å². The Morgan fingerprint density at radius 2 is 2.39 bits per heavy atom. The van der Waals surface area contributed by atoms with E-state index in [1.165, 1.54) is 13.3 Å². The number of carbonyl (C=O) groups excluding carboxylic acids is 1. The van der Waals surface area contributed by atoms with Crippen molar-refractivity contribution in [2.75, 3.05) is 31.7 Å². The normalized spacial score (nSPS) is 19.7. The van der Waals surface area contributed by atoms with Gasteiger partial charge in [-0.1, -0.05) is 0 Å². The zero-order valence-electron chi connectivity index (χ0n) is 10.8. The summed E-state index contributed by atoms with van der Waals surface area (Å²) in [4.78, 5) is 22.2. The zero-order chi connectivity index (χ0) is 13.1. The molecule has 6 nitrogen and oxygen atoms in total. The van der Waals surface area contributed by atoms with E-state index in [0.717, 1.165) is 0 Å². The van der Waals surface area contributed by atoms with Gasteiger partial charge in [0.15, 0.2) is 0 Å². The van der Waals surface area contributed by atoms with E-state index < -0.39 is 5.97 Å². The van der Waals surface area contributed by atoms with Crippen molar-refractivity contribution in [1.82, 2.24) is 9.97 Å². The highest BCUT2D eigenvalue weighted by molar-refractivity contribution is 5.94. The van der Waals surface area contributed by atoms with Gasteiger partial charge in [-0.2, -0.15) is 0 Å². The summed E-state index contributed by atoms with van der Waals surface area (Å²) in [5.41, 5.74) is 0.400. The van der Waals surface area contributed by atoms with Gasteiger partial charge in [0.05, 0.1) is 19.8 Å². The van der Waals surface area contributed by atoms with Gasteiger partial charge in [0.1, 0.15) is 17.2 Å². The molecule has 0 aromatic carbocycles. The number of hydrogen-bond acceptors (Lipinski definition) is 6. The van der Waals surface area contributed by atoms with Gasteiger partial charge in [0.2, 0.25) is 0 Å². The smallest absolute Gasteiger partial charge is 0.343 e. The molecule has 1 aromatic rings. The third-order valence-electron chi connectivity index (χ3n) is 2.84. The minimum absolute atomic E-state index is 0.125. The van der Waals surface area contributed by atoms with Crippen LogP contribution in [0, 0.1) is 6.92 Å². The van der Waals surface area contributed by atoms with Crippen molar-refractivity contribution in [2.45, 2.75) is 20.0 Å². The second kappa shape index (κ2) is 5.30. The highest BCUT2D eigenvalue weighted by atomic mass is 16.5. The Bertz CT molecular complexity index is 450. The van der Waals surface area contributed by atoms with Crippen LogP contribution in [0.15, 0.2) is 6.20 Å². The van der Waals surface area contributed by atoms with Crippen LogP contribution in [0.25, 0.3) is 0 Å². The molecule has 1 fully saturated rings. The molecule has 1 saturated heterocycles. The number of rotatable bonds is 2. The number of aromatic nitrogens is 2. The Balaban J connectivity index is 2.35. The number of carbonyl (C=O) groups is 1. The number of methoxy groups -OCH3 is 1. The molecule has 0 amide bonds. The minimum Gasteiger partial charge on any atom is -0.465 e. The van der Waals surface area contributed by atoms with Crippen molar-refractivity contribution in [1.29, 1.82) is 0 Å². The van der Waals surface area contributed by atoms with Crippen molar-refractivity contribution in [3.05, 3.63) is 17.6 Å². The van der Waals surface area contributed by atoms with Crippen LogP contribution in [0.1, 0.15) is 23.1 Å². The van der Waals surface area contributed by atoms with Crippen molar-refractivity contribution in [3.8, 4) is 0 Å². The van der Waals surface area contributed by atoms with Crippen molar-refractivity contribution >= 4 is 11.8 Å². The summed E-state index contributed by atoms with van der Waals surface area (Å²) in [5.74, 6) is 0.852. The molecule has 1 aliphatic heterocycles. The van der Waals surface area contributed by atoms with Crippen LogP contribution in [0.3, 0.4) is 0 Å². The number of esters is 1. The van der Waals surface area contributed by atoms with Gasteiger partial charge in [0, 0.05) is 19.3 Å². The van der Waals surface area contributed by atoms with Gasteiger partial charge in [-0.15, -0.1) is 0 Å². The first-order valence-electron chi connectivity index (χ1n) is 5.90. The summed E-state index contributed by atoms with van der Waals surface area (Å²) in [5, 5.41) is 0. The quantitative estimate of drug-likeness (QED) is 0.724. The van der Waals surface area contributed by atoms with Gasteiger partial charge in [-0.05, 0) is 13.8 Å². The number of anilines is 1. The lowest BCUT2D eigenvalue weighted by Crippen LogP contribution is -2.42. The maximum atomic E-state index is 11.7. The van der Waals surface area contributed by atoms with Crippen LogP contribution < -0.4 is 4.90 Å². The molecule has 6 heteroatoms. The number of ether oxygens (including phenoxy) is 2. The minimum atomic E-state index is -0.413. The van der Waals surface area contributed by atoms with Gasteiger partial charge < -0.3 is 14.4 Å². The molecule has 1 aliphatic rings. The van der Waals surface area contributed by atoms with E-state index in [9.17, 15) is 4.79 Å². The van der Waals surface area contributed by atoms with Crippen LogP contribution >= 0.6 is 0 Å². The molecular formula is C12H17N3O3. The number of nitrogens with zero attached hydrogens (tertiary/aromatic N) is 3. The van der Waals surface area contributed by atoms with Gasteiger partial charge in [-0.25, -0.2) is 14.8 Å². The summed E-state index contributed by atoms with van der Waals surface area (Å²) >= 11 is 0. The Labute approximate surface area is 106 Å². The summed E-state index contributed by atoms with van der Waals surface area (Å²) in [6.07, 6.45) is 1.64. The van der Waals surface area contributed by atoms with Crippen LogP contribution in [0.4, 0.5) is 5.82 Å². The lowest BCUT2D eigenvalue weighted by atomic mass is 10.2. The molecule has 1 aromatic heterocycles. The molecular weight excluding hydrogens is 234 g/mol. The van der Waals surface area contributed by atoms with E-state index in [-0.39, 0.29) is 6.10 Å². The molecule has 0 saturated carbocycles. The molecule has 98 valence electrons. The number of hydrogen-bond donors (Lipinski definition) is 0. The monoisotopic (exact) mass is 251 g/mol. The third-order valence-corrected chi connectivity index (χ3v) is 2.84. The predicted octanol–water partition coefficient (Wildman–Crippen LogP) is 0.797. The van der Waals surface area contributed by atoms with Crippen molar-refractivity contribution in [2.24, 2.45) is 0 Å². The molecule has 1 atom stereocenters. The lowest BCUT2D eigenvalue weighted by Gasteiger charge is -2.32. The average molecular weight is 251 g/mol. The average Bonchev–Trinajstić information content (AvgIpc) is 2.38. The van der Waals surface area contributed by atoms with Gasteiger partial charge in [-0.3, -0.25) is 0 Å². The first-order chi connectivity index (χ1) is 8.61. The van der Waals surface area contributed by atoms with Crippen molar-refractivity contribution in [3.63, 3.8) is 0 Å². The summed E-state index contributed by atoms with van der Waals surface area (Å²) in [6.45, 7) is 5.85. The summed E-state index contributed by atoms with van der Waals surface area (Å²) in [6, 6.07) is 0. The molecule has 18 heavy (non-hydrogen) atoms. The first-order valence-corrected chi connectivity index (χ1v) is 5.90. The molecule has 0 spiro atoms. The second-order valence-electron chi connectivity index (χ2n) is 4.27. The second-order valence-corrected chi connectivity index (χ2v) is 4.27. The van der Waals surface area contributed by atoms with Crippen LogP contribution in [-0.2, 0) is 9.47 Å². The van der Waals surface area contributed by atoms with E-state index in [4.69, 9.17) is 9.47 Å². The highest BCUT2D eigenvalue weighted by Gasteiger charge is 2.24. The maximum Gasteiger partial charge on any atom is 0.343 e. The molecule has 0 radical (unpaired) electrons. The Morgan fingerprint density at radius 3 is 3.06 bits per heavy atom. The number of aryl methyl sites for hydroxylation is 1. The largest absolute Gasteiger partial charge is 0.465 e. The fraction of sp³-hybridized carbons (Fsp3) is 0.583. The third kappa shape index (κ3) is 2.59. The van der Waals surface area contributed by atoms with E-state index in [1.807, 2.05) is 11.8 Å². The lowest BCUT2D eigenvalue weighted by molar-refractivity contribution is 0.0518. The molecule has 2 heterocycles. The Hall–Kier alpha value is -1.69. The molecule has 2 rings (SSSR count). The molecule has 1 unspecified atom stereocenters. The standard InChI is InChI=1S/C12H17N3O3/c1-8-7-15(4-5-18-8)11-10(12(16)17-3)6-13-9(2)14-11/h6,8H,4-5,7H2,1-3H3. The Kier molecular flexibility index (Phi) is 3.76. The van der Waals surface area contributed by atoms with Gasteiger partial charge >= 0.3 is 5.97 Å². The van der Waals surface area contributed by atoms with Crippen molar-refractivity contribution < 1.29 is 14.3 Å². The summed E-state index contributed by atoms with van der Waals surface area (Å²) < 4.78 is 10.2. The van der Waals surface area contributed by atoms with E-state index in [0.29, 0.717) is 36.9 Å². The highest BCUT2D eigenvalue weighted by Crippen LogP contribution is 2.20. The van der Waals surface area contributed by atoms with Crippen LogP contribution in [0.2, 0.25) is 0 Å². The fourth-order valence-corrected chi connectivity index (χ4v) is 1.96. The molecule has 0 N–H and O–H groups in total. The topological polar surface area (TPSA) is 64.5 Å². The zero-order valence-corrected chi connectivity index (χ0v) is 10.8. The maximum absolute atomic E-state index is 11.7. The first kappa shape index (κ1) is 12.8.